The average molecular weight is 354 g/mol. The fraction of sp³-hybridized carbons (Fsp3) is 0.476. The van der Waals surface area contributed by atoms with E-state index in [2.05, 4.69) is 54.9 Å². The van der Waals surface area contributed by atoms with Gasteiger partial charge in [-0.2, -0.15) is 0 Å². The summed E-state index contributed by atoms with van der Waals surface area (Å²) in [6, 6.07) is 14.3. The van der Waals surface area contributed by atoms with E-state index in [1.807, 2.05) is 29.2 Å². The molecule has 1 amide bonds. The Kier molecular flexibility index (Phi) is 7.57. The Hall–Kier alpha value is -2.43. The minimum absolute atomic E-state index is 0.0353. The summed E-state index contributed by atoms with van der Waals surface area (Å²) in [4.78, 5) is 16.7. The highest BCUT2D eigenvalue weighted by molar-refractivity contribution is 5.92. The first-order valence-electron chi connectivity index (χ1n) is 9.50. The molecule has 1 heterocycles. The maximum atomic E-state index is 12.6. The van der Waals surface area contributed by atoms with Gasteiger partial charge < -0.3 is 9.80 Å². The number of nitrogens with zero attached hydrogens (tertiary/aromatic N) is 4. The SMILES string of the molecule is CCCN(CCC)C(=O)c1ccc(N(Cc2ccccc2)C(C)C)nn1. The van der Waals surface area contributed by atoms with Gasteiger partial charge in [-0.05, 0) is 44.4 Å². The monoisotopic (exact) mass is 354 g/mol. The maximum Gasteiger partial charge on any atom is 0.274 e. The number of anilines is 1. The van der Waals surface area contributed by atoms with Crippen LogP contribution in [0.5, 0.6) is 0 Å². The van der Waals surface area contributed by atoms with Gasteiger partial charge in [0.25, 0.3) is 5.91 Å². The van der Waals surface area contributed by atoms with E-state index < -0.39 is 0 Å². The molecule has 140 valence electrons. The summed E-state index contributed by atoms with van der Waals surface area (Å²) in [6.07, 6.45) is 1.88. The third kappa shape index (κ3) is 5.28. The Morgan fingerprint density at radius 2 is 1.62 bits per heavy atom. The van der Waals surface area contributed by atoms with Gasteiger partial charge in [0.15, 0.2) is 11.5 Å². The summed E-state index contributed by atoms with van der Waals surface area (Å²) in [7, 11) is 0. The first kappa shape index (κ1) is 19.9. The third-order valence-electron chi connectivity index (χ3n) is 4.26. The number of amides is 1. The molecule has 1 aromatic heterocycles. The van der Waals surface area contributed by atoms with Gasteiger partial charge in [0.2, 0.25) is 0 Å². The molecule has 0 aliphatic heterocycles. The number of carbonyl (C=O) groups excluding carboxylic acids is 1. The molecule has 2 rings (SSSR count). The van der Waals surface area contributed by atoms with Gasteiger partial charge in [0, 0.05) is 25.7 Å². The lowest BCUT2D eigenvalue weighted by molar-refractivity contribution is 0.0748. The first-order valence-corrected chi connectivity index (χ1v) is 9.50. The lowest BCUT2D eigenvalue weighted by Crippen LogP contribution is -2.34. The van der Waals surface area contributed by atoms with E-state index in [0.717, 1.165) is 38.3 Å². The number of aromatic nitrogens is 2. The molecule has 26 heavy (non-hydrogen) atoms. The van der Waals surface area contributed by atoms with Gasteiger partial charge in [0.05, 0.1) is 0 Å². The maximum absolute atomic E-state index is 12.6. The standard InChI is InChI=1S/C21H30N4O/c1-5-14-24(15-6-2)21(26)19-12-13-20(23-22-19)25(17(3)4)16-18-10-8-7-9-11-18/h7-13,17H,5-6,14-16H2,1-4H3. The van der Waals surface area contributed by atoms with Crippen LogP contribution in [0.15, 0.2) is 42.5 Å². The number of hydrogen-bond acceptors (Lipinski definition) is 4. The van der Waals surface area contributed by atoms with Crippen molar-refractivity contribution in [2.75, 3.05) is 18.0 Å². The van der Waals surface area contributed by atoms with Crippen LogP contribution in [0.3, 0.4) is 0 Å². The molecule has 5 heteroatoms. The zero-order chi connectivity index (χ0) is 18.9. The number of hydrogen-bond donors (Lipinski definition) is 0. The highest BCUT2D eigenvalue weighted by Gasteiger charge is 2.18. The first-order chi connectivity index (χ1) is 12.6. The van der Waals surface area contributed by atoms with Gasteiger partial charge in [0.1, 0.15) is 0 Å². The van der Waals surface area contributed by atoms with Crippen molar-refractivity contribution < 1.29 is 4.79 Å². The molecular formula is C21H30N4O. The normalized spacial score (nSPS) is 10.8. The van der Waals surface area contributed by atoms with E-state index >= 15 is 0 Å². The van der Waals surface area contributed by atoms with Crippen LogP contribution in [0.25, 0.3) is 0 Å². The van der Waals surface area contributed by atoms with Crippen LogP contribution >= 0.6 is 0 Å². The van der Waals surface area contributed by atoms with Gasteiger partial charge in [-0.25, -0.2) is 0 Å². The Balaban J connectivity index is 2.16. The van der Waals surface area contributed by atoms with Crippen molar-refractivity contribution in [2.24, 2.45) is 0 Å². The summed E-state index contributed by atoms with van der Waals surface area (Å²) >= 11 is 0. The minimum Gasteiger partial charge on any atom is -0.348 e. The Morgan fingerprint density at radius 3 is 2.12 bits per heavy atom. The molecule has 0 fully saturated rings. The molecule has 0 radical (unpaired) electrons. The van der Waals surface area contributed by atoms with E-state index in [1.165, 1.54) is 5.56 Å². The highest BCUT2D eigenvalue weighted by atomic mass is 16.2. The van der Waals surface area contributed by atoms with Crippen molar-refractivity contribution in [3.63, 3.8) is 0 Å². The molecule has 0 saturated carbocycles. The molecule has 0 bridgehead atoms. The van der Waals surface area contributed by atoms with Crippen molar-refractivity contribution in [2.45, 2.75) is 53.1 Å². The largest absolute Gasteiger partial charge is 0.348 e. The molecule has 2 aromatic rings. The van der Waals surface area contributed by atoms with E-state index in [1.54, 1.807) is 6.07 Å². The average Bonchev–Trinajstić information content (AvgIpc) is 2.66. The second-order valence-corrected chi connectivity index (χ2v) is 6.78. The Bertz CT molecular complexity index is 664. The molecule has 0 atom stereocenters. The van der Waals surface area contributed by atoms with E-state index in [-0.39, 0.29) is 11.9 Å². The summed E-state index contributed by atoms with van der Waals surface area (Å²) < 4.78 is 0. The lowest BCUT2D eigenvalue weighted by Gasteiger charge is -2.27. The van der Waals surface area contributed by atoms with Gasteiger partial charge in [-0.3, -0.25) is 4.79 Å². The summed E-state index contributed by atoms with van der Waals surface area (Å²) in [5.41, 5.74) is 1.64. The van der Waals surface area contributed by atoms with Crippen molar-refractivity contribution in [1.82, 2.24) is 15.1 Å². The quantitative estimate of drug-likeness (QED) is 0.679. The molecule has 0 aliphatic carbocycles. The van der Waals surface area contributed by atoms with Crippen LogP contribution in [0.2, 0.25) is 0 Å². The van der Waals surface area contributed by atoms with Crippen LogP contribution in [0.1, 0.15) is 56.6 Å². The van der Waals surface area contributed by atoms with Crippen LogP contribution in [-0.4, -0.2) is 40.1 Å². The van der Waals surface area contributed by atoms with E-state index in [0.29, 0.717) is 5.69 Å². The second kappa shape index (κ2) is 9.90. The van der Waals surface area contributed by atoms with Crippen LogP contribution in [-0.2, 0) is 6.54 Å². The fourth-order valence-electron chi connectivity index (χ4n) is 2.92. The zero-order valence-corrected chi connectivity index (χ0v) is 16.4. The molecule has 0 aliphatic rings. The number of rotatable bonds is 9. The number of carbonyl (C=O) groups is 1. The number of benzene rings is 1. The van der Waals surface area contributed by atoms with Gasteiger partial charge >= 0.3 is 0 Å². The summed E-state index contributed by atoms with van der Waals surface area (Å²) in [5, 5.41) is 8.57. The van der Waals surface area contributed by atoms with Gasteiger partial charge in [-0.15, -0.1) is 10.2 Å². The molecule has 0 N–H and O–H groups in total. The van der Waals surface area contributed by atoms with Gasteiger partial charge in [-0.1, -0.05) is 44.2 Å². The molecular weight excluding hydrogens is 324 g/mol. The summed E-state index contributed by atoms with van der Waals surface area (Å²) in [5.74, 6) is 0.754. The van der Waals surface area contributed by atoms with Crippen LogP contribution in [0, 0.1) is 0 Å². The van der Waals surface area contributed by atoms with Crippen LogP contribution in [0.4, 0.5) is 5.82 Å². The highest BCUT2D eigenvalue weighted by Crippen LogP contribution is 2.17. The van der Waals surface area contributed by atoms with Crippen molar-refractivity contribution in [1.29, 1.82) is 0 Å². The lowest BCUT2D eigenvalue weighted by atomic mass is 10.2. The van der Waals surface area contributed by atoms with E-state index in [4.69, 9.17) is 0 Å². The predicted octanol–water partition coefficient (Wildman–Crippen LogP) is 4.15. The van der Waals surface area contributed by atoms with E-state index in [9.17, 15) is 4.79 Å². The smallest absolute Gasteiger partial charge is 0.274 e. The molecule has 0 saturated heterocycles. The van der Waals surface area contributed by atoms with Crippen molar-refractivity contribution >= 4 is 11.7 Å². The molecule has 1 aromatic carbocycles. The fourth-order valence-corrected chi connectivity index (χ4v) is 2.92. The Labute approximate surface area is 157 Å². The molecule has 0 unspecified atom stereocenters. The second-order valence-electron chi connectivity index (χ2n) is 6.78. The van der Waals surface area contributed by atoms with Crippen LogP contribution < -0.4 is 4.90 Å². The van der Waals surface area contributed by atoms with Crippen molar-refractivity contribution in [3.05, 3.63) is 53.7 Å². The Morgan fingerprint density at radius 1 is 0.962 bits per heavy atom. The topological polar surface area (TPSA) is 49.3 Å². The predicted molar refractivity (Wildman–Crippen MR) is 106 cm³/mol. The summed E-state index contributed by atoms with van der Waals surface area (Å²) in [6.45, 7) is 10.7. The molecule has 0 spiro atoms. The van der Waals surface area contributed by atoms with Crippen molar-refractivity contribution in [3.8, 4) is 0 Å². The molecule has 5 nitrogen and oxygen atoms in total. The third-order valence-corrected chi connectivity index (χ3v) is 4.26. The zero-order valence-electron chi connectivity index (χ0n) is 16.4. The minimum atomic E-state index is -0.0353.